The second-order valence-corrected chi connectivity index (χ2v) is 10.9. The zero-order valence-corrected chi connectivity index (χ0v) is 22.7. The Morgan fingerprint density at radius 3 is 2.32 bits per heavy atom. The minimum atomic E-state index is -4.52. The highest BCUT2D eigenvalue weighted by Crippen LogP contribution is 2.48. The predicted molar refractivity (Wildman–Crippen MR) is 142 cm³/mol. The molecule has 0 radical (unpaired) electrons. The molecule has 1 atom stereocenters. The molecule has 0 bridgehead atoms. The van der Waals surface area contributed by atoms with Crippen LogP contribution in [0.2, 0.25) is 0 Å². The van der Waals surface area contributed by atoms with Crippen LogP contribution >= 0.6 is 11.8 Å². The van der Waals surface area contributed by atoms with Gasteiger partial charge in [0, 0.05) is 12.8 Å². The summed E-state index contributed by atoms with van der Waals surface area (Å²) in [7, 11) is 1.73. The first kappa shape index (κ1) is 27.7. The van der Waals surface area contributed by atoms with Gasteiger partial charge >= 0.3 is 6.18 Å². The lowest BCUT2D eigenvalue weighted by Crippen LogP contribution is -2.35. The molecule has 202 valence electrons. The Hall–Kier alpha value is -3.31. The first-order valence-corrected chi connectivity index (χ1v) is 13.0. The van der Waals surface area contributed by atoms with Gasteiger partial charge in [-0.3, -0.25) is 9.63 Å². The highest BCUT2D eigenvalue weighted by atomic mass is 32.2. The Morgan fingerprint density at radius 2 is 1.74 bits per heavy atom. The summed E-state index contributed by atoms with van der Waals surface area (Å²) in [4.78, 5) is 28.5. The van der Waals surface area contributed by atoms with E-state index in [9.17, 15) is 18.0 Å². The number of halogens is 3. The number of hydrogen-bond donors (Lipinski definition) is 1. The summed E-state index contributed by atoms with van der Waals surface area (Å²) in [5.41, 5.74) is 8.10. The Kier molecular flexibility index (Phi) is 7.62. The Morgan fingerprint density at radius 1 is 1.08 bits per heavy atom. The van der Waals surface area contributed by atoms with Gasteiger partial charge in [0.15, 0.2) is 6.17 Å². The number of nitrogens with two attached hydrogens (primary N) is 1. The van der Waals surface area contributed by atoms with Crippen molar-refractivity contribution in [2.45, 2.75) is 56.2 Å². The summed E-state index contributed by atoms with van der Waals surface area (Å²) < 4.78 is 40.5. The molecule has 1 aliphatic rings. The Bertz CT molecular complexity index is 1330. The fraction of sp³-hybridized carbons (Fsp3) is 0.370. The normalized spacial score (nSPS) is 15.6. The number of carbonyl (C=O) groups is 1. The maximum absolute atomic E-state index is 13.5. The average molecular weight is 546 g/mol. The van der Waals surface area contributed by atoms with Crippen LogP contribution in [-0.2, 0) is 22.2 Å². The van der Waals surface area contributed by atoms with Crippen LogP contribution in [0.5, 0.6) is 0 Å². The third-order valence-corrected chi connectivity index (χ3v) is 7.30. The molecule has 1 aromatic heterocycles. The second kappa shape index (κ2) is 10.5. The molecule has 0 aliphatic carbocycles. The van der Waals surface area contributed by atoms with Crippen LogP contribution in [0, 0.1) is 0 Å². The van der Waals surface area contributed by atoms with Crippen molar-refractivity contribution < 1.29 is 22.8 Å². The zero-order chi connectivity index (χ0) is 27.8. The van der Waals surface area contributed by atoms with Gasteiger partial charge in [-0.05, 0) is 41.7 Å². The molecule has 0 saturated heterocycles. The molecule has 2 aromatic carbocycles. The fourth-order valence-corrected chi connectivity index (χ4v) is 5.13. The van der Waals surface area contributed by atoms with Gasteiger partial charge in [0.25, 0.3) is 5.91 Å². The van der Waals surface area contributed by atoms with Crippen LogP contribution in [0.25, 0.3) is 0 Å². The topological polar surface area (TPSA) is 84.6 Å². The summed E-state index contributed by atoms with van der Waals surface area (Å²) in [5, 5.41) is 1.90. The van der Waals surface area contributed by atoms with E-state index in [0.717, 1.165) is 17.7 Å². The molecular weight excluding hydrogens is 515 g/mol. The standard InChI is InChI=1S/C27H30F3N5O2S/c1-6-37-35-21-13-18(27(28,29)30)11-12-20(21)34(5)25(35)22-24(32-14-19(33-22)23(31)36)38-15-16-7-9-17(10-8-16)26(2,3)4/h7-14,25H,6,15H2,1-5H3,(H2,31,36). The van der Waals surface area contributed by atoms with Gasteiger partial charge in [-0.1, -0.05) is 56.8 Å². The van der Waals surface area contributed by atoms with Crippen molar-refractivity contribution in [2.75, 3.05) is 23.6 Å². The number of primary amides is 1. The average Bonchev–Trinajstić information content (AvgIpc) is 3.12. The van der Waals surface area contributed by atoms with E-state index in [4.69, 9.17) is 10.6 Å². The highest BCUT2D eigenvalue weighted by Gasteiger charge is 2.41. The quantitative estimate of drug-likeness (QED) is 0.360. The third-order valence-electron chi connectivity index (χ3n) is 6.23. The molecule has 2 N–H and O–H groups in total. The second-order valence-electron chi connectivity index (χ2n) is 9.97. The zero-order valence-electron chi connectivity index (χ0n) is 21.8. The lowest BCUT2D eigenvalue weighted by molar-refractivity contribution is -0.137. The molecule has 2 heterocycles. The van der Waals surface area contributed by atoms with Gasteiger partial charge < -0.3 is 10.6 Å². The van der Waals surface area contributed by atoms with E-state index in [2.05, 4.69) is 55.0 Å². The molecule has 7 nitrogen and oxygen atoms in total. The predicted octanol–water partition coefficient (Wildman–Crippen LogP) is 6.09. The molecule has 1 aliphatic heterocycles. The minimum absolute atomic E-state index is 0.0334. The minimum Gasteiger partial charge on any atom is -0.364 e. The molecule has 0 saturated carbocycles. The van der Waals surface area contributed by atoms with E-state index in [0.29, 0.717) is 22.2 Å². The fourth-order valence-electron chi connectivity index (χ4n) is 4.21. The number of anilines is 2. The summed E-state index contributed by atoms with van der Waals surface area (Å²) in [5.74, 6) is -0.188. The van der Waals surface area contributed by atoms with E-state index in [1.807, 2.05) is 0 Å². The van der Waals surface area contributed by atoms with E-state index in [1.54, 1.807) is 18.9 Å². The number of nitrogens with zero attached hydrogens (tertiary/aromatic N) is 4. The van der Waals surface area contributed by atoms with Crippen LogP contribution in [0.3, 0.4) is 0 Å². The number of hydroxylamine groups is 1. The summed E-state index contributed by atoms with van der Waals surface area (Å²) in [6, 6.07) is 11.8. The van der Waals surface area contributed by atoms with Gasteiger partial charge in [-0.2, -0.15) is 13.2 Å². The lowest BCUT2D eigenvalue weighted by atomic mass is 9.87. The van der Waals surface area contributed by atoms with Gasteiger partial charge in [0.1, 0.15) is 16.4 Å². The van der Waals surface area contributed by atoms with E-state index >= 15 is 0 Å². The van der Waals surface area contributed by atoms with Crippen LogP contribution in [0.15, 0.2) is 53.7 Å². The molecule has 4 rings (SSSR count). The van der Waals surface area contributed by atoms with Gasteiger partial charge in [-0.15, -0.1) is 0 Å². The summed E-state index contributed by atoms with van der Waals surface area (Å²) >= 11 is 1.41. The number of amides is 1. The Labute approximate surface area is 224 Å². The van der Waals surface area contributed by atoms with Crippen LogP contribution < -0.4 is 15.7 Å². The van der Waals surface area contributed by atoms with E-state index < -0.39 is 23.8 Å². The SMILES string of the molecule is CCON1c2cc(C(F)(F)F)ccc2N(C)C1c1nc(C(N)=O)cnc1SCc1ccc(C(C)(C)C)cc1. The van der Waals surface area contributed by atoms with Gasteiger partial charge in [0.2, 0.25) is 0 Å². The smallest absolute Gasteiger partial charge is 0.364 e. The lowest BCUT2D eigenvalue weighted by Gasteiger charge is -2.30. The van der Waals surface area contributed by atoms with Crippen molar-refractivity contribution >= 4 is 29.0 Å². The van der Waals surface area contributed by atoms with Crippen molar-refractivity contribution in [1.82, 2.24) is 9.97 Å². The number of carbonyl (C=O) groups excluding carboxylic acids is 1. The monoisotopic (exact) mass is 545 g/mol. The molecule has 11 heteroatoms. The van der Waals surface area contributed by atoms with Crippen molar-refractivity contribution in [1.29, 1.82) is 0 Å². The number of aromatic nitrogens is 2. The number of thioether (sulfide) groups is 1. The van der Waals surface area contributed by atoms with Crippen LogP contribution in [0.1, 0.15) is 66.7 Å². The molecule has 38 heavy (non-hydrogen) atoms. The first-order chi connectivity index (χ1) is 17.8. The van der Waals surface area contributed by atoms with Crippen LogP contribution in [-0.4, -0.2) is 29.5 Å². The molecule has 0 spiro atoms. The van der Waals surface area contributed by atoms with Crippen LogP contribution in [0.4, 0.5) is 24.5 Å². The highest BCUT2D eigenvalue weighted by molar-refractivity contribution is 7.98. The third kappa shape index (κ3) is 5.58. The first-order valence-electron chi connectivity index (χ1n) is 12.1. The molecule has 1 unspecified atom stereocenters. The maximum Gasteiger partial charge on any atom is 0.416 e. The van der Waals surface area contributed by atoms with E-state index in [1.165, 1.54) is 34.7 Å². The number of fused-ring (bicyclic) bond motifs is 1. The molecule has 3 aromatic rings. The summed E-state index contributed by atoms with van der Waals surface area (Å²) in [6.07, 6.45) is -3.98. The number of benzene rings is 2. The number of hydrogen-bond acceptors (Lipinski definition) is 7. The van der Waals surface area contributed by atoms with Crippen molar-refractivity contribution in [3.63, 3.8) is 0 Å². The van der Waals surface area contributed by atoms with Gasteiger partial charge in [0.05, 0.1) is 29.7 Å². The van der Waals surface area contributed by atoms with Gasteiger partial charge in [-0.25, -0.2) is 15.0 Å². The van der Waals surface area contributed by atoms with Crippen molar-refractivity contribution in [3.05, 3.63) is 76.7 Å². The largest absolute Gasteiger partial charge is 0.416 e. The van der Waals surface area contributed by atoms with Crippen molar-refractivity contribution in [3.8, 4) is 0 Å². The number of alkyl halides is 3. The van der Waals surface area contributed by atoms with E-state index in [-0.39, 0.29) is 23.4 Å². The molecule has 0 fully saturated rings. The van der Waals surface area contributed by atoms with Crippen molar-refractivity contribution in [2.24, 2.45) is 5.73 Å². The Balaban J connectivity index is 1.72. The number of rotatable bonds is 7. The molecular formula is C27H30F3N5O2S. The molecule has 1 amide bonds. The summed E-state index contributed by atoms with van der Waals surface area (Å²) in [6.45, 7) is 8.39. The maximum atomic E-state index is 13.5.